The van der Waals surface area contributed by atoms with Gasteiger partial charge in [0, 0.05) is 4.90 Å². The molecule has 0 unspecified atom stereocenters. The first kappa shape index (κ1) is 9.40. The van der Waals surface area contributed by atoms with Crippen LogP contribution in [0.15, 0.2) is 17.0 Å². The summed E-state index contributed by atoms with van der Waals surface area (Å²) in [4.78, 5) is 12.3. The molecule has 1 N–H and O–H groups in total. The van der Waals surface area contributed by atoms with Crippen LogP contribution in [0, 0.1) is 6.92 Å². The Kier molecular flexibility index (Phi) is 2.37. The van der Waals surface area contributed by atoms with Crippen LogP contribution in [0.2, 0.25) is 0 Å². The molecule has 14 heavy (non-hydrogen) atoms. The minimum absolute atomic E-state index is 0.0321. The lowest BCUT2D eigenvalue weighted by molar-refractivity contribution is -0.113. The highest BCUT2D eigenvalue weighted by atomic mass is 32.2. The third kappa shape index (κ3) is 1.57. The summed E-state index contributed by atoms with van der Waals surface area (Å²) >= 11 is 1.55. The van der Waals surface area contributed by atoms with Crippen molar-refractivity contribution in [3.8, 4) is 5.75 Å². The predicted molar refractivity (Wildman–Crippen MR) is 57.1 cm³/mol. The van der Waals surface area contributed by atoms with Gasteiger partial charge >= 0.3 is 0 Å². The Bertz CT molecular complexity index is 373. The Morgan fingerprint density at radius 2 is 2.29 bits per heavy atom. The molecule has 2 rings (SSSR count). The number of carbonyl (C=O) groups excluding carboxylic acids is 1. The van der Waals surface area contributed by atoms with E-state index < -0.39 is 0 Å². The van der Waals surface area contributed by atoms with Crippen molar-refractivity contribution in [3.63, 3.8) is 0 Å². The van der Waals surface area contributed by atoms with Crippen LogP contribution < -0.4 is 10.1 Å². The molecule has 1 heterocycles. The number of nitrogens with one attached hydrogen (secondary N) is 1. The molecular formula is C10H11NO2S. The molecule has 74 valence electrons. The van der Waals surface area contributed by atoms with Crippen LogP contribution in [0.25, 0.3) is 0 Å². The standard InChI is InChI=1S/C10H11NO2S/c1-6-3-7(13-2)10-8(4-6)14-5-9(12)11-10/h3-4H,5H2,1-2H3,(H,11,12). The monoisotopic (exact) mass is 209 g/mol. The Morgan fingerprint density at radius 3 is 3.00 bits per heavy atom. The molecule has 0 fully saturated rings. The maximum absolute atomic E-state index is 11.2. The number of thioether (sulfide) groups is 1. The molecule has 0 bridgehead atoms. The molecule has 0 aliphatic carbocycles. The van der Waals surface area contributed by atoms with Crippen molar-refractivity contribution in [3.05, 3.63) is 17.7 Å². The van der Waals surface area contributed by atoms with Crippen molar-refractivity contribution in [2.24, 2.45) is 0 Å². The fourth-order valence-corrected chi connectivity index (χ4v) is 2.36. The van der Waals surface area contributed by atoms with Crippen LogP contribution in [0.5, 0.6) is 5.75 Å². The van der Waals surface area contributed by atoms with E-state index in [1.807, 2.05) is 13.0 Å². The number of amides is 1. The maximum atomic E-state index is 11.2. The molecule has 0 saturated heterocycles. The zero-order valence-electron chi connectivity index (χ0n) is 8.09. The van der Waals surface area contributed by atoms with Crippen LogP contribution in [-0.4, -0.2) is 18.8 Å². The second kappa shape index (κ2) is 3.53. The fraction of sp³-hybridized carbons (Fsp3) is 0.300. The van der Waals surface area contributed by atoms with Crippen LogP contribution in [0.1, 0.15) is 5.56 Å². The summed E-state index contributed by atoms with van der Waals surface area (Å²) in [5.41, 5.74) is 1.95. The average Bonchev–Trinajstić information content (AvgIpc) is 2.17. The number of carbonyl (C=O) groups is 1. The van der Waals surface area contributed by atoms with Crippen molar-refractivity contribution >= 4 is 23.4 Å². The molecule has 0 aromatic heterocycles. The Labute approximate surface area is 86.8 Å². The molecule has 1 amide bonds. The largest absolute Gasteiger partial charge is 0.495 e. The van der Waals surface area contributed by atoms with Crippen molar-refractivity contribution in [2.45, 2.75) is 11.8 Å². The van der Waals surface area contributed by atoms with Gasteiger partial charge in [-0.1, -0.05) is 0 Å². The summed E-state index contributed by atoms with van der Waals surface area (Å²) in [7, 11) is 1.61. The van der Waals surface area contributed by atoms with Gasteiger partial charge in [0.25, 0.3) is 0 Å². The molecule has 0 radical (unpaired) electrons. The van der Waals surface area contributed by atoms with E-state index in [0.29, 0.717) is 5.75 Å². The van der Waals surface area contributed by atoms with Crippen molar-refractivity contribution < 1.29 is 9.53 Å². The summed E-state index contributed by atoms with van der Waals surface area (Å²) in [6.45, 7) is 2.01. The van der Waals surface area contributed by atoms with Gasteiger partial charge in [-0.3, -0.25) is 4.79 Å². The lowest BCUT2D eigenvalue weighted by Gasteiger charge is -2.19. The number of aryl methyl sites for hydroxylation is 1. The first-order chi connectivity index (χ1) is 6.70. The van der Waals surface area contributed by atoms with Crippen molar-refractivity contribution in [1.29, 1.82) is 0 Å². The smallest absolute Gasteiger partial charge is 0.234 e. The highest BCUT2D eigenvalue weighted by molar-refractivity contribution is 8.00. The predicted octanol–water partition coefficient (Wildman–Crippen LogP) is 2.05. The molecule has 0 spiro atoms. The number of anilines is 1. The van der Waals surface area contributed by atoms with Gasteiger partial charge in [-0.15, -0.1) is 11.8 Å². The minimum atomic E-state index is 0.0321. The van der Waals surface area contributed by atoms with Crippen LogP contribution in [0.3, 0.4) is 0 Å². The van der Waals surface area contributed by atoms with Gasteiger partial charge in [-0.05, 0) is 24.6 Å². The lowest BCUT2D eigenvalue weighted by atomic mass is 10.2. The van der Waals surface area contributed by atoms with Gasteiger partial charge in [0.1, 0.15) is 5.75 Å². The average molecular weight is 209 g/mol. The molecular weight excluding hydrogens is 198 g/mol. The Morgan fingerprint density at radius 1 is 1.50 bits per heavy atom. The van der Waals surface area contributed by atoms with E-state index in [1.54, 1.807) is 18.9 Å². The number of hydrogen-bond donors (Lipinski definition) is 1. The molecule has 0 saturated carbocycles. The summed E-state index contributed by atoms with van der Waals surface area (Å²) in [5.74, 6) is 1.25. The van der Waals surface area contributed by atoms with E-state index in [1.165, 1.54) is 0 Å². The molecule has 1 aromatic carbocycles. The zero-order valence-corrected chi connectivity index (χ0v) is 8.90. The normalized spacial score (nSPS) is 14.6. The first-order valence-electron chi connectivity index (χ1n) is 4.32. The third-order valence-corrected chi connectivity index (χ3v) is 3.09. The summed E-state index contributed by atoms with van der Waals surface area (Å²) in [5, 5.41) is 2.82. The Balaban J connectivity index is 2.52. The molecule has 1 aromatic rings. The maximum Gasteiger partial charge on any atom is 0.234 e. The molecule has 1 aliphatic heterocycles. The number of rotatable bonds is 1. The quantitative estimate of drug-likeness (QED) is 0.769. The first-order valence-corrected chi connectivity index (χ1v) is 5.30. The van der Waals surface area contributed by atoms with Gasteiger partial charge in [0.15, 0.2) is 0 Å². The molecule has 3 nitrogen and oxygen atoms in total. The molecule has 0 atom stereocenters. The highest BCUT2D eigenvalue weighted by Gasteiger charge is 2.19. The number of fused-ring (bicyclic) bond motifs is 1. The van der Waals surface area contributed by atoms with Crippen LogP contribution >= 0.6 is 11.8 Å². The minimum Gasteiger partial charge on any atom is -0.495 e. The van der Waals surface area contributed by atoms with E-state index in [4.69, 9.17) is 4.74 Å². The van der Waals surface area contributed by atoms with E-state index in [0.717, 1.165) is 21.9 Å². The number of benzene rings is 1. The van der Waals surface area contributed by atoms with Crippen LogP contribution in [0.4, 0.5) is 5.69 Å². The van der Waals surface area contributed by atoms with Gasteiger partial charge in [0.05, 0.1) is 18.6 Å². The zero-order chi connectivity index (χ0) is 10.1. The fourth-order valence-electron chi connectivity index (χ4n) is 1.44. The lowest BCUT2D eigenvalue weighted by Crippen LogP contribution is -2.19. The number of ether oxygens (including phenoxy) is 1. The Hall–Kier alpha value is -1.16. The van der Waals surface area contributed by atoms with E-state index in [9.17, 15) is 4.79 Å². The summed E-state index contributed by atoms with van der Waals surface area (Å²) < 4.78 is 5.21. The molecule has 1 aliphatic rings. The van der Waals surface area contributed by atoms with Gasteiger partial charge in [-0.2, -0.15) is 0 Å². The second-order valence-electron chi connectivity index (χ2n) is 3.18. The SMILES string of the molecule is COc1cc(C)cc2c1NC(=O)CS2. The number of hydrogen-bond acceptors (Lipinski definition) is 3. The highest BCUT2D eigenvalue weighted by Crippen LogP contribution is 2.39. The second-order valence-corrected chi connectivity index (χ2v) is 4.19. The number of methoxy groups -OCH3 is 1. The van der Waals surface area contributed by atoms with Gasteiger partial charge < -0.3 is 10.1 Å². The summed E-state index contributed by atoms with van der Waals surface area (Å²) in [6.07, 6.45) is 0. The van der Waals surface area contributed by atoms with E-state index in [-0.39, 0.29) is 5.91 Å². The third-order valence-electron chi connectivity index (χ3n) is 2.05. The van der Waals surface area contributed by atoms with Gasteiger partial charge in [0.2, 0.25) is 5.91 Å². The molecule has 4 heteroatoms. The summed E-state index contributed by atoms with van der Waals surface area (Å²) in [6, 6.07) is 3.98. The van der Waals surface area contributed by atoms with E-state index >= 15 is 0 Å². The topological polar surface area (TPSA) is 38.3 Å². The van der Waals surface area contributed by atoms with Crippen LogP contribution in [-0.2, 0) is 4.79 Å². The van der Waals surface area contributed by atoms with Crippen molar-refractivity contribution in [2.75, 3.05) is 18.2 Å². The van der Waals surface area contributed by atoms with E-state index in [2.05, 4.69) is 11.4 Å². The van der Waals surface area contributed by atoms with Crippen molar-refractivity contribution in [1.82, 2.24) is 0 Å². The van der Waals surface area contributed by atoms with Gasteiger partial charge in [-0.25, -0.2) is 0 Å².